The summed E-state index contributed by atoms with van der Waals surface area (Å²) in [5.74, 6) is 0.850. The zero-order valence-electron chi connectivity index (χ0n) is 13.0. The third kappa shape index (κ3) is 4.15. The average Bonchev–Trinajstić information content (AvgIpc) is 2.96. The summed E-state index contributed by atoms with van der Waals surface area (Å²) in [7, 11) is 3.11. The van der Waals surface area contributed by atoms with E-state index in [0.29, 0.717) is 24.5 Å². The Morgan fingerprint density at radius 1 is 1.29 bits per heavy atom. The lowest BCUT2D eigenvalue weighted by atomic mass is 10.1. The molecule has 1 N–H and O–H groups in total. The highest BCUT2D eigenvalue weighted by Crippen LogP contribution is 2.33. The molecular weight excluding hydrogens is 356 g/mol. The van der Waals surface area contributed by atoms with Crippen LogP contribution in [0.3, 0.4) is 0 Å². The molecule has 1 amide bonds. The first kappa shape index (κ1) is 18.0. The van der Waals surface area contributed by atoms with Crippen LogP contribution in [-0.2, 0) is 6.42 Å². The third-order valence-corrected chi connectivity index (χ3v) is 4.57. The summed E-state index contributed by atoms with van der Waals surface area (Å²) in [5.41, 5.74) is 0.704. The van der Waals surface area contributed by atoms with E-state index >= 15 is 0 Å². The van der Waals surface area contributed by atoms with Gasteiger partial charge in [-0.15, -0.1) is 11.3 Å². The van der Waals surface area contributed by atoms with Gasteiger partial charge in [0.2, 0.25) is 0 Å². The molecular formula is C15H15ClN2O5S. The van der Waals surface area contributed by atoms with E-state index in [9.17, 15) is 14.9 Å². The molecule has 2 aromatic rings. The third-order valence-electron chi connectivity index (χ3n) is 3.24. The Hall–Kier alpha value is -2.32. The minimum Gasteiger partial charge on any atom is -0.493 e. The molecule has 1 heterocycles. The van der Waals surface area contributed by atoms with Crippen molar-refractivity contribution in [3.63, 3.8) is 0 Å². The summed E-state index contributed by atoms with van der Waals surface area (Å²) in [6.07, 6.45) is 0.577. The van der Waals surface area contributed by atoms with E-state index in [1.165, 1.54) is 6.07 Å². The Labute approximate surface area is 147 Å². The number of rotatable bonds is 7. The SMILES string of the molecule is COc1ccc(CCNC(=O)c2cc([N+](=O)[O-])c(Cl)s2)cc1OC. The molecule has 0 spiro atoms. The van der Waals surface area contributed by atoms with E-state index in [-0.39, 0.29) is 14.9 Å². The second-order valence-corrected chi connectivity index (χ2v) is 6.38. The van der Waals surface area contributed by atoms with Crippen molar-refractivity contribution in [1.29, 1.82) is 0 Å². The highest BCUT2D eigenvalue weighted by molar-refractivity contribution is 7.18. The summed E-state index contributed by atoms with van der Waals surface area (Å²) in [6, 6.07) is 6.68. The van der Waals surface area contributed by atoms with E-state index in [4.69, 9.17) is 21.1 Å². The van der Waals surface area contributed by atoms with Crippen LogP contribution in [0.15, 0.2) is 24.3 Å². The van der Waals surface area contributed by atoms with E-state index in [2.05, 4.69) is 5.32 Å². The molecule has 1 aromatic heterocycles. The first-order valence-corrected chi connectivity index (χ1v) is 8.08. The van der Waals surface area contributed by atoms with Gasteiger partial charge >= 0.3 is 0 Å². The maximum absolute atomic E-state index is 12.0. The van der Waals surface area contributed by atoms with Crippen molar-refractivity contribution in [3.05, 3.63) is 49.2 Å². The van der Waals surface area contributed by atoms with E-state index in [1.54, 1.807) is 20.3 Å². The molecule has 0 atom stereocenters. The largest absolute Gasteiger partial charge is 0.493 e. The van der Waals surface area contributed by atoms with Crippen LogP contribution in [0, 0.1) is 10.1 Å². The molecule has 0 bridgehead atoms. The van der Waals surface area contributed by atoms with Gasteiger partial charge in [0.15, 0.2) is 15.8 Å². The number of thiophene rings is 1. The smallest absolute Gasteiger partial charge is 0.299 e. The van der Waals surface area contributed by atoms with Gasteiger partial charge < -0.3 is 14.8 Å². The Morgan fingerprint density at radius 3 is 2.58 bits per heavy atom. The highest BCUT2D eigenvalue weighted by Gasteiger charge is 2.20. The lowest BCUT2D eigenvalue weighted by molar-refractivity contribution is -0.384. The standard InChI is InChI=1S/C15H15ClN2O5S/c1-22-11-4-3-9(7-12(11)23-2)5-6-17-15(19)13-8-10(18(20)21)14(16)24-13/h3-4,7-8H,5-6H2,1-2H3,(H,17,19). The molecule has 24 heavy (non-hydrogen) atoms. The van der Waals surface area contributed by atoms with Gasteiger partial charge in [0.1, 0.15) is 4.88 Å². The molecule has 0 unspecified atom stereocenters. The predicted octanol–water partition coefficient (Wildman–Crippen LogP) is 3.30. The van der Waals surface area contributed by atoms with Crippen LogP contribution < -0.4 is 14.8 Å². The number of benzene rings is 1. The summed E-state index contributed by atoms with van der Waals surface area (Å²) in [4.78, 5) is 22.4. The topological polar surface area (TPSA) is 90.7 Å². The molecule has 1 aromatic carbocycles. The van der Waals surface area contributed by atoms with Crippen molar-refractivity contribution in [2.24, 2.45) is 0 Å². The molecule has 9 heteroatoms. The van der Waals surface area contributed by atoms with Crippen LogP contribution in [0.2, 0.25) is 4.34 Å². The molecule has 0 aliphatic rings. The van der Waals surface area contributed by atoms with Crippen molar-refractivity contribution in [1.82, 2.24) is 5.32 Å². The van der Waals surface area contributed by atoms with Gasteiger partial charge in [0, 0.05) is 12.6 Å². The van der Waals surface area contributed by atoms with E-state index in [1.807, 2.05) is 12.1 Å². The minimum atomic E-state index is -0.612. The molecule has 0 radical (unpaired) electrons. The fourth-order valence-electron chi connectivity index (χ4n) is 2.04. The molecule has 0 saturated carbocycles. The zero-order chi connectivity index (χ0) is 17.7. The number of amides is 1. The van der Waals surface area contributed by atoms with Crippen molar-refractivity contribution in [2.45, 2.75) is 6.42 Å². The number of carbonyl (C=O) groups excluding carboxylic acids is 1. The Kier molecular flexibility index (Phi) is 5.99. The van der Waals surface area contributed by atoms with Gasteiger partial charge in [-0.3, -0.25) is 14.9 Å². The van der Waals surface area contributed by atoms with Crippen molar-refractivity contribution >= 4 is 34.5 Å². The number of hydrogen-bond donors (Lipinski definition) is 1. The van der Waals surface area contributed by atoms with Gasteiger partial charge in [0.25, 0.3) is 11.6 Å². The molecule has 0 aliphatic carbocycles. The molecule has 128 valence electrons. The molecule has 0 saturated heterocycles. The predicted molar refractivity (Wildman–Crippen MR) is 91.6 cm³/mol. The summed E-state index contributed by atoms with van der Waals surface area (Å²) in [6.45, 7) is 0.373. The Bertz CT molecular complexity index is 762. The number of methoxy groups -OCH3 is 2. The van der Waals surface area contributed by atoms with Crippen LogP contribution in [-0.4, -0.2) is 31.6 Å². The van der Waals surface area contributed by atoms with Crippen molar-refractivity contribution in [3.8, 4) is 11.5 Å². The lowest BCUT2D eigenvalue weighted by Gasteiger charge is -2.09. The van der Waals surface area contributed by atoms with E-state index in [0.717, 1.165) is 16.9 Å². The fourth-order valence-corrected chi connectivity index (χ4v) is 3.18. The normalized spacial score (nSPS) is 10.3. The van der Waals surface area contributed by atoms with Crippen molar-refractivity contribution < 1.29 is 19.2 Å². The number of nitrogens with one attached hydrogen (secondary N) is 1. The molecule has 0 fully saturated rings. The highest BCUT2D eigenvalue weighted by atomic mass is 35.5. The number of hydrogen-bond acceptors (Lipinski definition) is 6. The minimum absolute atomic E-state index is 0.00922. The van der Waals surface area contributed by atoms with Gasteiger partial charge in [-0.2, -0.15) is 0 Å². The Morgan fingerprint density at radius 2 is 2.00 bits per heavy atom. The lowest BCUT2D eigenvalue weighted by Crippen LogP contribution is -2.24. The average molecular weight is 371 g/mol. The van der Waals surface area contributed by atoms with Crippen LogP contribution in [0.4, 0.5) is 5.69 Å². The number of carbonyl (C=O) groups is 1. The fraction of sp³-hybridized carbons (Fsp3) is 0.267. The van der Waals surface area contributed by atoms with Crippen LogP contribution in [0.25, 0.3) is 0 Å². The first-order chi connectivity index (χ1) is 11.5. The second kappa shape index (κ2) is 7.98. The number of nitro groups is 1. The van der Waals surface area contributed by atoms with Gasteiger partial charge in [-0.1, -0.05) is 17.7 Å². The number of ether oxygens (including phenoxy) is 2. The van der Waals surface area contributed by atoms with Gasteiger partial charge in [-0.05, 0) is 24.1 Å². The summed E-state index contributed by atoms with van der Waals surface area (Å²) < 4.78 is 10.4. The molecule has 0 aliphatic heterocycles. The van der Waals surface area contributed by atoms with Gasteiger partial charge in [0.05, 0.1) is 19.1 Å². The van der Waals surface area contributed by atoms with Crippen LogP contribution >= 0.6 is 22.9 Å². The number of halogens is 1. The zero-order valence-corrected chi connectivity index (χ0v) is 14.6. The van der Waals surface area contributed by atoms with Crippen LogP contribution in [0.1, 0.15) is 15.2 Å². The quantitative estimate of drug-likeness (QED) is 0.596. The molecule has 2 rings (SSSR count). The van der Waals surface area contributed by atoms with E-state index < -0.39 is 10.8 Å². The maximum atomic E-state index is 12.0. The Balaban J connectivity index is 1.95. The van der Waals surface area contributed by atoms with Crippen LogP contribution in [0.5, 0.6) is 11.5 Å². The monoisotopic (exact) mass is 370 g/mol. The summed E-state index contributed by atoms with van der Waals surface area (Å²) in [5, 5.41) is 13.5. The second-order valence-electron chi connectivity index (χ2n) is 4.72. The first-order valence-electron chi connectivity index (χ1n) is 6.89. The van der Waals surface area contributed by atoms with Crippen molar-refractivity contribution in [2.75, 3.05) is 20.8 Å². The molecule has 7 nitrogen and oxygen atoms in total. The maximum Gasteiger partial charge on any atom is 0.299 e. The number of nitrogens with zero attached hydrogens (tertiary/aromatic N) is 1. The van der Waals surface area contributed by atoms with Gasteiger partial charge in [-0.25, -0.2) is 0 Å². The summed E-state index contributed by atoms with van der Waals surface area (Å²) >= 11 is 6.63.